The SMILES string of the molecule is CCc1cc2c(cc1OC)OCC(c1ccc3c(c1)OCCO3)C2=O. The number of methoxy groups -OCH3 is 1. The van der Waals surface area contributed by atoms with Crippen molar-refractivity contribution >= 4 is 5.78 Å². The number of carbonyl (C=O) groups excluding carboxylic acids is 1. The topological polar surface area (TPSA) is 54.0 Å². The van der Waals surface area contributed by atoms with E-state index in [1.165, 1.54) is 0 Å². The van der Waals surface area contributed by atoms with Gasteiger partial charge in [-0.1, -0.05) is 13.0 Å². The molecule has 25 heavy (non-hydrogen) atoms. The van der Waals surface area contributed by atoms with E-state index in [0.29, 0.717) is 36.9 Å². The number of hydrogen-bond donors (Lipinski definition) is 0. The summed E-state index contributed by atoms with van der Waals surface area (Å²) in [7, 11) is 1.63. The zero-order valence-corrected chi connectivity index (χ0v) is 14.3. The number of fused-ring (bicyclic) bond motifs is 2. The Balaban J connectivity index is 1.69. The first-order valence-corrected chi connectivity index (χ1v) is 8.48. The Morgan fingerprint density at radius 2 is 1.84 bits per heavy atom. The minimum atomic E-state index is -0.346. The Hall–Kier alpha value is -2.69. The monoisotopic (exact) mass is 340 g/mol. The minimum Gasteiger partial charge on any atom is -0.496 e. The molecule has 5 nitrogen and oxygen atoms in total. The van der Waals surface area contributed by atoms with Gasteiger partial charge in [0, 0.05) is 6.07 Å². The lowest BCUT2D eigenvalue weighted by Crippen LogP contribution is -2.26. The maximum absolute atomic E-state index is 13.1. The zero-order chi connectivity index (χ0) is 17.4. The molecule has 2 aliphatic rings. The second-order valence-electron chi connectivity index (χ2n) is 6.14. The molecular formula is C20H20O5. The van der Waals surface area contributed by atoms with Gasteiger partial charge in [0.05, 0.1) is 18.6 Å². The molecule has 4 rings (SSSR count). The van der Waals surface area contributed by atoms with Gasteiger partial charge in [0.15, 0.2) is 17.3 Å². The normalized spacial score (nSPS) is 18.3. The fraction of sp³-hybridized carbons (Fsp3) is 0.350. The minimum absolute atomic E-state index is 0.0651. The average Bonchev–Trinajstić information content (AvgIpc) is 2.67. The highest BCUT2D eigenvalue weighted by molar-refractivity contribution is 6.04. The highest BCUT2D eigenvalue weighted by Gasteiger charge is 2.32. The molecule has 1 unspecified atom stereocenters. The largest absolute Gasteiger partial charge is 0.496 e. The van der Waals surface area contributed by atoms with Gasteiger partial charge < -0.3 is 18.9 Å². The second kappa shape index (κ2) is 6.31. The third-order valence-electron chi connectivity index (χ3n) is 4.72. The third-order valence-corrected chi connectivity index (χ3v) is 4.72. The van der Waals surface area contributed by atoms with Crippen molar-refractivity contribution in [3.05, 3.63) is 47.0 Å². The molecule has 0 aromatic heterocycles. The van der Waals surface area contributed by atoms with Crippen LogP contribution in [0.1, 0.15) is 34.3 Å². The number of ketones is 1. The molecular weight excluding hydrogens is 320 g/mol. The first-order valence-electron chi connectivity index (χ1n) is 8.48. The average molecular weight is 340 g/mol. The Morgan fingerprint density at radius 1 is 1.04 bits per heavy atom. The summed E-state index contributed by atoms with van der Waals surface area (Å²) in [5, 5.41) is 0. The summed E-state index contributed by atoms with van der Waals surface area (Å²) >= 11 is 0. The van der Waals surface area contributed by atoms with Gasteiger partial charge in [-0.05, 0) is 35.7 Å². The van der Waals surface area contributed by atoms with Crippen molar-refractivity contribution in [3.63, 3.8) is 0 Å². The molecule has 1 atom stereocenters. The van der Waals surface area contributed by atoms with Crippen molar-refractivity contribution in [1.82, 2.24) is 0 Å². The fourth-order valence-electron chi connectivity index (χ4n) is 3.35. The van der Waals surface area contributed by atoms with E-state index < -0.39 is 0 Å². The molecule has 2 aromatic carbocycles. The molecule has 130 valence electrons. The van der Waals surface area contributed by atoms with E-state index in [1.807, 2.05) is 37.3 Å². The maximum Gasteiger partial charge on any atom is 0.177 e. The number of hydrogen-bond acceptors (Lipinski definition) is 5. The Morgan fingerprint density at radius 3 is 2.60 bits per heavy atom. The van der Waals surface area contributed by atoms with Crippen molar-refractivity contribution in [2.75, 3.05) is 26.9 Å². The lowest BCUT2D eigenvalue weighted by Gasteiger charge is -2.27. The van der Waals surface area contributed by atoms with Crippen LogP contribution in [-0.4, -0.2) is 32.7 Å². The lowest BCUT2D eigenvalue weighted by atomic mass is 9.87. The van der Waals surface area contributed by atoms with Gasteiger partial charge >= 0.3 is 0 Å². The quantitative estimate of drug-likeness (QED) is 0.857. The molecule has 0 radical (unpaired) electrons. The second-order valence-corrected chi connectivity index (χ2v) is 6.14. The molecule has 2 heterocycles. The molecule has 0 amide bonds. The van der Waals surface area contributed by atoms with Crippen LogP contribution < -0.4 is 18.9 Å². The molecule has 5 heteroatoms. The fourth-order valence-corrected chi connectivity index (χ4v) is 3.35. The molecule has 0 saturated carbocycles. The lowest BCUT2D eigenvalue weighted by molar-refractivity contribution is 0.0895. The molecule has 0 saturated heterocycles. The first kappa shape index (κ1) is 15.8. The van der Waals surface area contributed by atoms with E-state index in [4.69, 9.17) is 18.9 Å². The van der Waals surface area contributed by atoms with Gasteiger partial charge in [-0.25, -0.2) is 0 Å². The van der Waals surface area contributed by atoms with Crippen molar-refractivity contribution < 1.29 is 23.7 Å². The standard InChI is InChI=1S/C20H20O5/c1-3-12-8-14-18(10-17(12)22-2)25-11-15(20(14)21)13-4-5-16-19(9-13)24-7-6-23-16/h4-5,8-10,15H,3,6-7,11H2,1-2H3. The van der Waals surface area contributed by atoms with Crippen LogP contribution in [0.2, 0.25) is 0 Å². The molecule has 0 spiro atoms. The number of rotatable bonds is 3. The van der Waals surface area contributed by atoms with E-state index in [9.17, 15) is 4.79 Å². The van der Waals surface area contributed by atoms with Crippen LogP contribution in [0.25, 0.3) is 0 Å². The van der Waals surface area contributed by atoms with E-state index in [0.717, 1.165) is 29.0 Å². The van der Waals surface area contributed by atoms with Crippen LogP contribution in [0.3, 0.4) is 0 Å². The van der Waals surface area contributed by atoms with Crippen molar-refractivity contribution in [1.29, 1.82) is 0 Å². The molecule has 0 N–H and O–H groups in total. The summed E-state index contributed by atoms with van der Waals surface area (Å²) in [4.78, 5) is 13.1. The number of Topliss-reactive ketones (excluding diaryl/α,β-unsaturated/α-hetero) is 1. The predicted molar refractivity (Wildman–Crippen MR) is 92.4 cm³/mol. The smallest absolute Gasteiger partial charge is 0.177 e. The summed E-state index contributed by atoms with van der Waals surface area (Å²) < 4.78 is 22.4. The first-order chi connectivity index (χ1) is 12.2. The molecule has 2 aliphatic heterocycles. The van der Waals surface area contributed by atoms with E-state index in [1.54, 1.807) is 7.11 Å². The highest BCUT2D eigenvalue weighted by atomic mass is 16.6. The number of aryl methyl sites for hydroxylation is 1. The highest BCUT2D eigenvalue weighted by Crippen LogP contribution is 2.39. The van der Waals surface area contributed by atoms with Gasteiger partial charge in [-0.2, -0.15) is 0 Å². The molecule has 0 fully saturated rings. The summed E-state index contributed by atoms with van der Waals surface area (Å²) in [5.41, 5.74) is 2.50. The van der Waals surface area contributed by atoms with Gasteiger partial charge in [-0.3, -0.25) is 4.79 Å². The molecule has 2 aromatic rings. The number of benzene rings is 2. The van der Waals surface area contributed by atoms with Gasteiger partial charge in [0.2, 0.25) is 0 Å². The summed E-state index contributed by atoms with van der Waals surface area (Å²) in [6.07, 6.45) is 0.790. The van der Waals surface area contributed by atoms with Gasteiger partial charge in [0.1, 0.15) is 31.3 Å². The van der Waals surface area contributed by atoms with Crippen LogP contribution in [0, 0.1) is 0 Å². The van der Waals surface area contributed by atoms with Gasteiger partial charge in [0.25, 0.3) is 0 Å². The van der Waals surface area contributed by atoms with E-state index in [-0.39, 0.29) is 11.7 Å². The number of carbonyl (C=O) groups is 1. The van der Waals surface area contributed by atoms with Crippen molar-refractivity contribution in [2.24, 2.45) is 0 Å². The maximum atomic E-state index is 13.1. The Kier molecular flexibility index (Phi) is 3.99. The summed E-state index contributed by atoms with van der Waals surface area (Å²) in [6.45, 7) is 3.41. The summed E-state index contributed by atoms with van der Waals surface area (Å²) in [5.74, 6) is 2.47. The van der Waals surface area contributed by atoms with E-state index in [2.05, 4.69) is 0 Å². The van der Waals surface area contributed by atoms with Crippen LogP contribution >= 0.6 is 0 Å². The van der Waals surface area contributed by atoms with Crippen LogP contribution in [0.4, 0.5) is 0 Å². The van der Waals surface area contributed by atoms with E-state index >= 15 is 0 Å². The Labute approximate surface area is 146 Å². The summed E-state index contributed by atoms with van der Waals surface area (Å²) in [6, 6.07) is 9.36. The third kappa shape index (κ3) is 2.69. The van der Waals surface area contributed by atoms with Crippen molar-refractivity contribution in [2.45, 2.75) is 19.3 Å². The molecule has 0 bridgehead atoms. The van der Waals surface area contributed by atoms with Crippen molar-refractivity contribution in [3.8, 4) is 23.0 Å². The predicted octanol–water partition coefficient (Wildman–Crippen LogP) is 3.39. The van der Waals surface area contributed by atoms with Gasteiger partial charge in [-0.15, -0.1) is 0 Å². The van der Waals surface area contributed by atoms with Crippen LogP contribution in [-0.2, 0) is 6.42 Å². The van der Waals surface area contributed by atoms with Crippen LogP contribution in [0.15, 0.2) is 30.3 Å². The molecule has 0 aliphatic carbocycles. The Bertz CT molecular complexity index is 827. The number of ether oxygens (including phenoxy) is 4. The zero-order valence-electron chi connectivity index (χ0n) is 14.3. The van der Waals surface area contributed by atoms with Crippen LogP contribution in [0.5, 0.6) is 23.0 Å².